The third-order valence-corrected chi connectivity index (χ3v) is 4.77. The zero-order valence-corrected chi connectivity index (χ0v) is 13.5. The molecule has 0 amide bonds. The summed E-state index contributed by atoms with van der Waals surface area (Å²) in [6.07, 6.45) is 2.99. The molecule has 5 nitrogen and oxygen atoms in total. The zero-order valence-electron chi connectivity index (χ0n) is 11.9. The normalized spacial score (nSPS) is 23.7. The number of thiazole rings is 1. The van der Waals surface area contributed by atoms with Gasteiger partial charge in [-0.1, -0.05) is 0 Å². The molecule has 1 saturated heterocycles. The van der Waals surface area contributed by atoms with E-state index in [9.17, 15) is 5.11 Å². The van der Waals surface area contributed by atoms with Crippen LogP contribution in [0.1, 0.15) is 10.7 Å². The van der Waals surface area contributed by atoms with Gasteiger partial charge in [0.1, 0.15) is 10.6 Å². The molecule has 1 aromatic heterocycles. The molecule has 1 aliphatic heterocycles. The van der Waals surface area contributed by atoms with Gasteiger partial charge in [0.25, 0.3) is 0 Å². The SMILES string of the molecule is CSCc1nc(CCNC[C@@]2(O)CNCCOC2)cs1. The van der Waals surface area contributed by atoms with Gasteiger partial charge in [0.15, 0.2) is 0 Å². The first-order chi connectivity index (χ1) is 9.72. The van der Waals surface area contributed by atoms with Crippen LogP contribution in [0.5, 0.6) is 0 Å². The molecule has 0 aliphatic carbocycles. The number of hydrogen-bond donors (Lipinski definition) is 3. The number of aliphatic hydroxyl groups is 1. The first-order valence-electron chi connectivity index (χ1n) is 6.86. The predicted octanol–water partition coefficient (Wildman–Crippen LogP) is 0.489. The lowest BCUT2D eigenvalue weighted by molar-refractivity contribution is -0.0260. The monoisotopic (exact) mass is 317 g/mol. The molecule has 114 valence electrons. The number of hydrogen-bond acceptors (Lipinski definition) is 7. The third kappa shape index (κ3) is 5.31. The molecule has 2 heterocycles. The minimum Gasteiger partial charge on any atom is -0.385 e. The number of aromatic nitrogens is 1. The summed E-state index contributed by atoms with van der Waals surface area (Å²) in [5.74, 6) is 0.987. The van der Waals surface area contributed by atoms with Crippen molar-refractivity contribution in [2.75, 3.05) is 45.6 Å². The van der Waals surface area contributed by atoms with Gasteiger partial charge in [0.05, 0.1) is 18.9 Å². The molecule has 20 heavy (non-hydrogen) atoms. The molecule has 3 N–H and O–H groups in total. The van der Waals surface area contributed by atoms with Crippen molar-refractivity contribution in [2.45, 2.75) is 17.8 Å². The molecule has 1 aromatic rings. The average Bonchev–Trinajstić information content (AvgIpc) is 2.76. The standard InChI is InChI=1S/C13H23N3O2S2/c1-19-7-12-16-11(6-20-12)2-3-14-8-13(17)9-15-4-5-18-10-13/h6,14-15,17H,2-5,7-10H2,1H3/t13-/m1/s1. The Bertz CT molecular complexity index is 393. The number of thioether (sulfide) groups is 1. The third-order valence-electron chi connectivity index (χ3n) is 3.13. The Kier molecular flexibility index (Phi) is 6.73. The van der Waals surface area contributed by atoms with E-state index < -0.39 is 5.60 Å². The van der Waals surface area contributed by atoms with Crippen LogP contribution in [0.2, 0.25) is 0 Å². The van der Waals surface area contributed by atoms with Gasteiger partial charge in [-0.15, -0.1) is 11.3 Å². The highest BCUT2D eigenvalue weighted by atomic mass is 32.2. The number of rotatable bonds is 7. The van der Waals surface area contributed by atoms with E-state index in [1.807, 2.05) is 0 Å². The molecule has 0 bridgehead atoms. The Labute approximate surface area is 128 Å². The summed E-state index contributed by atoms with van der Waals surface area (Å²) in [5, 5.41) is 20.2. The van der Waals surface area contributed by atoms with E-state index in [0.29, 0.717) is 26.3 Å². The summed E-state index contributed by atoms with van der Waals surface area (Å²) in [4.78, 5) is 4.57. The van der Waals surface area contributed by atoms with E-state index in [0.717, 1.165) is 31.0 Å². The second kappa shape index (κ2) is 8.31. The van der Waals surface area contributed by atoms with Gasteiger partial charge in [0, 0.05) is 43.7 Å². The lowest BCUT2D eigenvalue weighted by Gasteiger charge is -2.26. The highest BCUT2D eigenvalue weighted by molar-refractivity contribution is 7.97. The van der Waals surface area contributed by atoms with Crippen molar-refractivity contribution in [3.05, 3.63) is 16.1 Å². The molecule has 1 atom stereocenters. The van der Waals surface area contributed by atoms with Gasteiger partial charge in [-0.25, -0.2) is 4.98 Å². The van der Waals surface area contributed by atoms with Crippen LogP contribution in [0.4, 0.5) is 0 Å². The summed E-state index contributed by atoms with van der Waals surface area (Å²) in [7, 11) is 0. The van der Waals surface area contributed by atoms with E-state index >= 15 is 0 Å². The fraction of sp³-hybridized carbons (Fsp3) is 0.769. The number of β-amino-alcohol motifs (C(OH)–C–C–N with tert-alkyl or cyclic N) is 1. The second-order valence-electron chi connectivity index (χ2n) is 5.05. The predicted molar refractivity (Wildman–Crippen MR) is 84.5 cm³/mol. The summed E-state index contributed by atoms with van der Waals surface area (Å²) in [5.41, 5.74) is 0.330. The lowest BCUT2D eigenvalue weighted by atomic mass is 10.1. The molecule has 0 unspecified atom stereocenters. The van der Waals surface area contributed by atoms with Crippen molar-refractivity contribution >= 4 is 23.1 Å². The minimum absolute atomic E-state index is 0.390. The number of ether oxygens (including phenoxy) is 1. The summed E-state index contributed by atoms with van der Waals surface area (Å²) in [6, 6.07) is 0. The molecular weight excluding hydrogens is 294 g/mol. The molecule has 0 spiro atoms. The van der Waals surface area contributed by atoms with Crippen molar-refractivity contribution in [1.29, 1.82) is 0 Å². The van der Waals surface area contributed by atoms with Gasteiger partial charge in [-0.05, 0) is 6.26 Å². The highest BCUT2D eigenvalue weighted by Crippen LogP contribution is 2.15. The summed E-state index contributed by atoms with van der Waals surface area (Å²) >= 11 is 3.52. The Morgan fingerprint density at radius 3 is 3.40 bits per heavy atom. The Hall–Kier alpha value is -0.180. The Morgan fingerprint density at radius 1 is 1.65 bits per heavy atom. The first kappa shape index (κ1) is 16.2. The van der Waals surface area contributed by atoms with E-state index in [-0.39, 0.29) is 0 Å². The molecule has 1 fully saturated rings. The van der Waals surface area contributed by atoms with Crippen LogP contribution >= 0.6 is 23.1 Å². The molecule has 0 radical (unpaired) electrons. The topological polar surface area (TPSA) is 66.4 Å². The summed E-state index contributed by atoms with van der Waals surface area (Å²) < 4.78 is 5.39. The van der Waals surface area contributed by atoms with E-state index in [4.69, 9.17) is 4.74 Å². The van der Waals surface area contributed by atoms with Crippen LogP contribution in [0, 0.1) is 0 Å². The smallest absolute Gasteiger partial charge is 0.113 e. The first-order valence-corrected chi connectivity index (χ1v) is 9.13. The molecule has 7 heteroatoms. The Balaban J connectivity index is 1.67. The minimum atomic E-state index is -0.803. The van der Waals surface area contributed by atoms with Crippen LogP contribution in [0.3, 0.4) is 0 Å². The number of nitrogens with one attached hydrogen (secondary N) is 2. The van der Waals surface area contributed by atoms with Crippen molar-refractivity contribution in [1.82, 2.24) is 15.6 Å². The van der Waals surface area contributed by atoms with Gasteiger partial charge in [-0.2, -0.15) is 11.8 Å². The van der Waals surface area contributed by atoms with Crippen molar-refractivity contribution in [3.63, 3.8) is 0 Å². The lowest BCUT2D eigenvalue weighted by Crippen LogP contribution is -2.50. The molecular formula is C13H23N3O2S2. The van der Waals surface area contributed by atoms with Crippen molar-refractivity contribution < 1.29 is 9.84 Å². The van der Waals surface area contributed by atoms with Crippen molar-refractivity contribution in [2.24, 2.45) is 0 Å². The average molecular weight is 317 g/mol. The van der Waals surface area contributed by atoms with Gasteiger partial charge < -0.3 is 20.5 Å². The van der Waals surface area contributed by atoms with Crippen LogP contribution in [-0.2, 0) is 16.9 Å². The highest BCUT2D eigenvalue weighted by Gasteiger charge is 2.28. The maximum absolute atomic E-state index is 10.4. The molecule has 2 rings (SSSR count). The van der Waals surface area contributed by atoms with Crippen LogP contribution in [-0.4, -0.2) is 61.3 Å². The molecule has 1 aliphatic rings. The maximum atomic E-state index is 10.4. The van der Waals surface area contributed by atoms with E-state index in [1.165, 1.54) is 5.01 Å². The molecule has 0 saturated carbocycles. The maximum Gasteiger partial charge on any atom is 0.113 e. The fourth-order valence-corrected chi connectivity index (χ4v) is 3.63. The van der Waals surface area contributed by atoms with Crippen LogP contribution in [0.25, 0.3) is 0 Å². The van der Waals surface area contributed by atoms with Gasteiger partial charge >= 0.3 is 0 Å². The second-order valence-corrected chi connectivity index (χ2v) is 6.85. The van der Waals surface area contributed by atoms with Crippen LogP contribution < -0.4 is 10.6 Å². The number of nitrogens with zero attached hydrogens (tertiary/aromatic N) is 1. The van der Waals surface area contributed by atoms with Gasteiger partial charge in [-0.3, -0.25) is 0 Å². The van der Waals surface area contributed by atoms with E-state index in [2.05, 4.69) is 27.3 Å². The largest absolute Gasteiger partial charge is 0.385 e. The van der Waals surface area contributed by atoms with Crippen molar-refractivity contribution in [3.8, 4) is 0 Å². The summed E-state index contributed by atoms with van der Waals surface area (Å²) in [6.45, 7) is 3.81. The zero-order chi connectivity index (χ0) is 14.3. The van der Waals surface area contributed by atoms with Gasteiger partial charge in [0.2, 0.25) is 0 Å². The van der Waals surface area contributed by atoms with E-state index in [1.54, 1.807) is 23.1 Å². The fourth-order valence-electron chi connectivity index (χ4n) is 2.08. The van der Waals surface area contributed by atoms with Crippen LogP contribution in [0.15, 0.2) is 5.38 Å². The Morgan fingerprint density at radius 2 is 2.55 bits per heavy atom. The molecule has 0 aromatic carbocycles. The quantitative estimate of drug-likeness (QED) is 0.636.